The molecule has 18 heavy (non-hydrogen) atoms. The van der Waals surface area contributed by atoms with Gasteiger partial charge in [-0.05, 0) is 37.3 Å². The van der Waals surface area contributed by atoms with Crippen LogP contribution in [-0.2, 0) is 17.9 Å². The van der Waals surface area contributed by atoms with E-state index in [9.17, 15) is 0 Å². The maximum absolute atomic E-state index is 5.90. The zero-order chi connectivity index (χ0) is 12.8. The first-order chi connectivity index (χ1) is 8.79. The molecule has 1 aromatic rings. The summed E-state index contributed by atoms with van der Waals surface area (Å²) < 4.78 is 5.90. The lowest BCUT2D eigenvalue weighted by Crippen LogP contribution is -2.17. The van der Waals surface area contributed by atoms with Gasteiger partial charge in [-0.3, -0.25) is 0 Å². The number of benzene rings is 1. The molecule has 1 unspecified atom stereocenters. The van der Waals surface area contributed by atoms with Crippen LogP contribution in [0.5, 0.6) is 0 Å². The van der Waals surface area contributed by atoms with Crippen LogP contribution in [0.3, 0.4) is 0 Å². The van der Waals surface area contributed by atoms with Crippen molar-refractivity contribution >= 4 is 0 Å². The molecule has 2 nitrogen and oxygen atoms in total. The van der Waals surface area contributed by atoms with E-state index < -0.39 is 0 Å². The van der Waals surface area contributed by atoms with Crippen LogP contribution in [0.1, 0.15) is 50.7 Å². The predicted octanol–water partition coefficient (Wildman–Crippen LogP) is 3.64. The Morgan fingerprint density at radius 1 is 1.28 bits per heavy atom. The Balaban J connectivity index is 1.85. The van der Waals surface area contributed by atoms with E-state index in [2.05, 4.69) is 43.4 Å². The molecule has 100 valence electrons. The van der Waals surface area contributed by atoms with Crippen LogP contribution < -0.4 is 5.32 Å². The van der Waals surface area contributed by atoms with Gasteiger partial charge in [0.1, 0.15) is 0 Å². The quantitative estimate of drug-likeness (QED) is 0.757. The summed E-state index contributed by atoms with van der Waals surface area (Å²) in [5.74, 6) is 0. The molecule has 1 saturated carbocycles. The molecule has 1 aliphatic rings. The van der Waals surface area contributed by atoms with Gasteiger partial charge in [0.05, 0.1) is 12.7 Å². The molecular formula is C16H25NO. The molecule has 0 amide bonds. The SMILES string of the molecule is CCCC(C)OCc1ccccc1CNC1CC1. The lowest BCUT2D eigenvalue weighted by Gasteiger charge is -2.15. The van der Waals surface area contributed by atoms with Crippen molar-refractivity contribution in [2.75, 3.05) is 0 Å². The van der Waals surface area contributed by atoms with Crippen LogP contribution in [0.15, 0.2) is 24.3 Å². The normalized spacial score (nSPS) is 16.8. The fourth-order valence-electron chi connectivity index (χ4n) is 2.13. The molecule has 1 aliphatic carbocycles. The van der Waals surface area contributed by atoms with Crippen molar-refractivity contribution in [1.82, 2.24) is 5.32 Å². The molecular weight excluding hydrogens is 222 g/mol. The molecule has 1 fully saturated rings. The Morgan fingerprint density at radius 2 is 2.00 bits per heavy atom. The van der Waals surface area contributed by atoms with Gasteiger partial charge in [-0.1, -0.05) is 37.6 Å². The van der Waals surface area contributed by atoms with Crippen molar-refractivity contribution in [3.8, 4) is 0 Å². The lowest BCUT2D eigenvalue weighted by atomic mass is 10.1. The minimum atomic E-state index is 0.361. The standard InChI is InChI=1S/C16H25NO/c1-3-6-13(2)18-12-15-8-5-4-7-14(15)11-17-16-9-10-16/h4-5,7-8,13,16-17H,3,6,9-12H2,1-2H3. The van der Waals surface area contributed by atoms with Crippen molar-refractivity contribution in [2.45, 2.75) is 64.8 Å². The van der Waals surface area contributed by atoms with E-state index in [0.717, 1.165) is 25.6 Å². The van der Waals surface area contributed by atoms with Crippen LogP contribution in [-0.4, -0.2) is 12.1 Å². The molecule has 1 N–H and O–H groups in total. The second-order valence-corrected chi connectivity index (χ2v) is 5.33. The van der Waals surface area contributed by atoms with E-state index in [1.54, 1.807) is 0 Å². The molecule has 0 spiro atoms. The molecule has 0 radical (unpaired) electrons. The second-order valence-electron chi connectivity index (χ2n) is 5.33. The number of hydrogen-bond acceptors (Lipinski definition) is 2. The number of ether oxygens (including phenoxy) is 1. The van der Waals surface area contributed by atoms with E-state index in [4.69, 9.17) is 4.74 Å². The predicted molar refractivity (Wildman–Crippen MR) is 75.5 cm³/mol. The van der Waals surface area contributed by atoms with E-state index in [-0.39, 0.29) is 0 Å². The van der Waals surface area contributed by atoms with E-state index in [1.807, 2.05) is 0 Å². The zero-order valence-corrected chi connectivity index (χ0v) is 11.6. The van der Waals surface area contributed by atoms with Crippen LogP contribution >= 0.6 is 0 Å². The number of rotatable bonds is 8. The monoisotopic (exact) mass is 247 g/mol. The summed E-state index contributed by atoms with van der Waals surface area (Å²) in [6, 6.07) is 9.37. The largest absolute Gasteiger partial charge is 0.374 e. The minimum Gasteiger partial charge on any atom is -0.374 e. The topological polar surface area (TPSA) is 21.3 Å². The highest BCUT2D eigenvalue weighted by atomic mass is 16.5. The zero-order valence-electron chi connectivity index (χ0n) is 11.6. The first-order valence-corrected chi connectivity index (χ1v) is 7.21. The van der Waals surface area contributed by atoms with Gasteiger partial charge in [0.25, 0.3) is 0 Å². The Labute approximate surface area is 111 Å². The second kappa shape index (κ2) is 6.91. The third kappa shape index (κ3) is 4.43. The van der Waals surface area contributed by atoms with Gasteiger partial charge < -0.3 is 10.1 Å². The summed E-state index contributed by atoms with van der Waals surface area (Å²) in [4.78, 5) is 0. The van der Waals surface area contributed by atoms with Crippen LogP contribution in [0.25, 0.3) is 0 Å². The minimum absolute atomic E-state index is 0.361. The van der Waals surface area contributed by atoms with E-state index in [1.165, 1.54) is 30.4 Å². The Morgan fingerprint density at radius 3 is 2.67 bits per heavy atom. The average Bonchev–Trinajstić information content (AvgIpc) is 3.19. The molecule has 1 aromatic carbocycles. The molecule has 0 heterocycles. The summed E-state index contributed by atoms with van der Waals surface area (Å²) in [6.07, 6.45) is 5.37. The fourth-order valence-corrected chi connectivity index (χ4v) is 2.13. The van der Waals surface area contributed by atoms with Gasteiger partial charge in [-0.25, -0.2) is 0 Å². The number of hydrogen-bond donors (Lipinski definition) is 1. The Kier molecular flexibility index (Phi) is 5.21. The van der Waals surface area contributed by atoms with Crippen molar-refractivity contribution in [3.05, 3.63) is 35.4 Å². The van der Waals surface area contributed by atoms with Gasteiger partial charge in [-0.2, -0.15) is 0 Å². The van der Waals surface area contributed by atoms with Gasteiger partial charge in [0.15, 0.2) is 0 Å². The first kappa shape index (κ1) is 13.6. The molecule has 0 aromatic heterocycles. The van der Waals surface area contributed by atoms with E-state index >= 15 is 0 Å². The van der Waals surface area contributed by atoms with Crippen molar-refractivity contribution in [3.63, 3.8) is 0 Å². The fraction of sp³-hybridized carbons (Fsp3) is 0.625. The van der Waals surface area contributed by atoms with Crippen LogP contribution in [0, 0.1) is 0 Å². The molecule has 2 heteroatoms. The maximum Gasteiger partial charge on any atom is 0.0723 e. The Hall–Kier alpha value is -0.860. The van der Waals surface area contributed by atoms with Gasteiger partial charge in [0.2, 0.25) is 0 Å². The summed E-state index contributed by atoms with van der Waals surface area (Å²) in [5, 5.41) is 3.57. The van der Waals surface area contributed by atoms with Gasteiger partial charge in [0, 0.05) is 12.6 Å². The maximum atomic E-state index is 5.90. The van der Waals surface area contributed by atoms with Gasteiger partial charge >= 0.3 is 0 Å². The van der Waals surface area contributed by atoms with Crippen LogP contribution in [0.2, 0.25) is 0 Å². The summed E-state index contributed by atoms with van der Waals surface area (Å²) in [7, 11) is 0. The highest BCUT2D eigenvalue weighted by Gasteiger charge is 2.20. The molecule has 0 bridgehead atoms. The molecule has 1 atom stereocenters. The number of nitrogens with one attached hydrogen (secondary N) is 1. The van der Waals surface area contributed by atoms with Gasteiger partial charge in [-0.15, -0.1) is 0 Å². The smallest absolute Gasteiger partial charge is 0.0723 e. The Bertz CT molecular complexity index is 360. The average molecular weight is 247 g/mol. The molecule has 0 aliphatic heterocycles. The molecule has 0 saturated heterocycles. The highest BCUT2D eigenvalue weighted by molar-refractivity contribution is 5.26. The highest BCUT2D eigenvalue weighted by Crippen LogP contribution is 2.20. The van der Waals surface area contributed by atoms with E-state index in [0.29, 0.717) is 6.10 Å². The lowest BCUT2D eigenvalue weighted by molar-refractivity contribution is 0.0467. The van der Waals surface area contributed by atoms with Crippen LogP contribution in [0.4, 0.5) is 0 Å². The third-order valence-corrected chi connectivity index (χ3v) is 3.50. The van der Waals surface area contributed by atoms with Crippen molar-refractivity contribution < 1.29 is 4.74 Å². The summed E-state index contributed by atoms with van der Waals surface area (Å²) >= 11 is 0. The van der Waals surface area contributed by atoms with Crippen molar-refractivity contribution in [2.24, 2.45) is 0 Å². The summed E-state index contributed by atoms with van der Waals surface area (Å²) in [5.41, 5.74) is 2.71. The van der Waals surface area contributed by atoms with Crippen molar-refractivity contribution in [1.29, 1.82) is 0 Å². The summed E-state index contributed by atoms with van der Waals surface area (Å²) in [6.45, 7) is 6.08. The third-order valence-electron chi connectivity index (χ3n) is 3.50. The molecule has 2 rings (SSSR count). The first-order valence-electron chi connectivity index (χ1n) is 7.21.